The molecule has 0 unspecified atom stereocenters. The van der Waals surface area contributed by atoms with Gasteiger partial charge in [0.25, 0.3) is 0 Å². The number of nitrogens with one attached hydrogen (secondary N) is 1. The van der Waals surface area contributed by atoms with Gasteiger partial charge in [-0.1, -0.05) is 43.3 Å². The van der Waals surface area contributed by atoms with Crippen LogP contribution in [0.15, 0.2) is 54.6 Å². The molecule has 0 aliphatic rings. The minimum atomic E-state index is -4.68. The molecular weight excluding hydrogens is 471 g/mol. The summed E-state index contributed by atoms with van der Waals surface area (Å²) in [5.74, 6) is -1.12. The zero-order valence-corrected chi connectivity index (χ0v) is 20.0. The van der Waals surface area contributed by atoms with Gasteiger partial charge in [-0.25, -0.2) is 8.42 Å². The molecule has 1 N–H and O–H groups in total. The molecule has 0 heterocycles. The number of sulfonamides is 1. The third-order valence-electron chi connectivity index (χ3n) is 5.26. The highest BCUT2D eigenvalue weighted by Gasteiger charge is 2.34. The lowest BCUT2D eigenvalue weighted by molar-refractivity contribution is -0.139. The standard InChI is InChI=1S/C23H28F3N3O4S/c1-4-20(22(31)27-2)28(14-13-17-9-6-5-7-10-17)21(30)16-29(34(3,32)33)19-12-8-11-18(15-19)23(24,25)26/h5-12,15,20H,4,13-14,16H2,1-3H3,(H,27,31)/t20-/m1/s1. The number of benzene rings is 2. The fraction of sp³-hybridized carbons (Fsp3) is 0.391. The van der Waals surface area contributed by atoms with Crippen LogP contribution in [-0.2, 0) is 32.2 Å². The number of halogens is 3. The Morgan fingerprint density at radius 1 is 1.06 bits per heavy atom. The van der Waals surface area contributed by atoms with Gasteiger partial charge in [0.05, 0.1) is 17.5 Å². The minimum absolute atomic E-state index is 0.120. The second kappa shape index (κ2) is 11.4. The highest BCUT2D eigenvalue weighted by molar-refractivity contribution is 7.92. The molecule has 1 atom stereocenters. The molecule has 7 nitrogen and oxygen atoms in total. The summed E-state index contributed by atoms with van der Waals surface area (Å²) in [6.45, 7) is 1.08. The van der Waals surface area contributed by atoms with Gasteiger partial charge in [-0.2, -0.15) is 13.2 Å². The maximum atomic E-state index is 13.3. The number of likely N-dealkylation sites (N-methyl/N-ethyl adjacent to an activating group) is 1. The molecule has 0 saturated carbocycles. The van der Waals surface area contributed by atoms with E-state index in [4.69, 9.17) is 0 Å². The third-order valence-corrected chi connectivity index (χ3v) is 6.40. The third kappa shape index (κ3) is 7.21. The Hall–Kier alpha value is -3.08. The molecule has 2 rings (SSSR count). The van der Waals surface area contributed by atoms with E-state index in [-0.39, 0.29) is 18.7 Å². The van der Waals surface area contributed by atoms with Crippen molar-refractivity contribution in [3.8, 4) is 0 Å². The van der Waals surface area contributed by atoms with Crippen LogP contribution in [0.4, 0.5) is 18.9 Å². The van der Waals surface area contributed by atoms with Crippen LogP contribution in [0.3, 0.4) is 0 Å². The Morgan fingerprint density at radius 2 is 1.71 bits per heavy atom. The monoisotopic (exact) mass is 499 g/mol. The Labute approximate surface area is 197 Å². The van der Waals surface area contributed by atoms with E-state index in [0.29, 0.717) is 16.8 Å². The topological polar surface area (TPSA) is 86.8 Å². The van der Waals surface area contributed by atoms with Gasteiger partial charge < -0.3 is 10.2 Å². The maximum Gasteiger partial charge on any atom is 0.416 e. The molecule has 2 aromatic rings. The van der Waals surface area contributed by atoms with Crippen LogP contribution in [0.1, 0.15) is 24.5 Å². The largest absolute Gasteiger partial charge is 0.416 e. The Kier molecular flexibility index (Phi) is 9.08. The van der Waals surface area contributed by atoms with Crippen molar-refractivity contribution in [2.24, 2.45) is 0 Å². The SMILES string of the molecule is CC[C@H](C(=O)NC)N(CCc1ccccc1)C(=O)CN(c1cccc(C(F)(F)F)c1)S(C)(=O)=O. The van der Waals surface area contributed by atoms with Crippen molar-refractivity contribution in [2.45, 2.75) is 32.0 Å². The highest BCUT2D eigenvalue weighted by Crippen LogP contribution is 2.32. The number of nitrogens with zero attached hydrogens (tertiary/aromatic N) is 2. The van der Waals surface area contributed by atoms with Crippen molar-refractivity contribution >= 4 is 27.5 Å². The van der Waals surface area contributed by atoms with E-state index in [0.717, 1.165) is 24.0 Å². The average Bonchev–Trinajstić information content (AvgIpc) is 2.79. The molecule has 0 aliphatic heterocycles. The van der Waals surface area contributed by atoms with Gasteiger partial charge >= 0.3 is 6.18 Å². The van der Waals surface area contributed by atoms with Crippen LogP contribution in [0.2, 0.25) is 0 Å². The molecule has 186 valence electrons. The van der Waals surface area contributed by atoms with Crippen molar-refractivity contribution in [2.75, 3.05) is 30.7 Å². The number of rotatable bonds is 10. The average molecular weight is 500 g/mol. The van der Waals surface area contributed by atoms with E-state index in [1.165, 1.54) is 18.0 Å². The van der Waals surface area contributed by atoms with E-state index in [1.54, 1.807) is 6.92 Å². The summed E-state index contributed by atoms with van der Waals surface area (Å²) in [4.78, 5) is 27.0. The number of carbonyl (C=O) groups is 2. The lowest BCUT2D eigenvalue weighted by atomic mass is 10.1. The fourth-order valence-corrected chi connectivity index (χ4v) is 4.36. The van der Waals surface area contributed by atoms with Gasteiger partial charge in [0.15, 0.2) is 0 Å². The molecule has 0 fully saturated rings. The van der Waals surface area contributed by atoms with Crippen LogP contribution in [0.25, 0.3) is 0 Å². The summed E-state index contributed by atoms with van der Waals surface area (Å²) in [5.41, 5.74) is -0.421. The lowest BCUT2D eigenvalue weighted by Gasteiger charge is -2.32. The Morgan fingerprint density at radius 3 is 2.24 bits per heavy atom. The first-order chi connectivity index (χ1) is 15.9. The molecule has 0 aliphatic carbocycles. The van der Waals surface area contributed by atoms with Crippen LogP contribution in [-0.4, -0.2) is 57.6 Å². The highest BCUT2D eigenvalue weighted by atomic mass is 32.2. The van der Waals surface area contributed by atoms with Crippen molar-refractivity contribution in [3.63, 3.8) is 0 Å². The second-order valence-electron chi connectivity index (χ2n) is 7.68. The number of hydrogen-bond acceptors (Lipinski definition) is 4. The minimum Gasteiger partial charge on any atom is -0.357 e. The molecule has 0 radical (unpaired) electrons. The van der Waals surface area contributed by atoms with Crippen molar-refractivity contribution in [3.05, 3.63) is 65.7 Å². The van der Waals surface area contributed by atoms with Gasteiger partial charge in [0, 0.05) is 13.6 Å². The van der Waals surface area contributed by atoms with Crippen molar-refractivity contribution in [1.82, 2.24) is 10.2 Å². The summed E-state index contributed by atoms with van der Waals surface area (Å²) in [7, 11) is -2.69. The lowest BCUT2D eigenvalue weighted by Crippen LogP contribution is -2.52. The normalized spacial score (nSPS) is 12.6. The predicted molar refractivity (Wildman–Crippen MR) is 124 cm³/mol. The van der Waals surface area contributed by atoms with E-state index in [9.17, 15) is 31.2 Å². The predicted octanol–water partition coefficient (Wildman–Crippen LogP) is 3.07. The first kappa shape index (κ1) is 27.2. The molecule has 0 aromatic heterocycles. The smallest absolute Gasteiger partial charge is 0.357 e. The Balaban J connectivity index is 2.39. The van der Waals surface area contributed by atoms with Crippen LogP contribution in [0, 0.1) is 0 Å². The number of anilines is 1. The summed E-state index contributed by atoms with van der Waals surface area (Å²) in [6, 6.07) is 12.1. The molecule has 11 heteroatoms. The first-order valence-corrected chi connectivity index (χ1v) is 12.4. The van der Waals surface area contributed by atoms with E-state index in [1.807, 2.05) is 30.3 Å². The van der Waals surface area contributed by atoms with Gasteiger partial charge in [0.1, 0.15) is 12.6 Å². The number of hydrogen-bond donors (Lipinski definition) is 1. The maximum absolute atomic E-state index is 13.3. The van der Waals surface area contributed by atoms with Crippen LogP contribution >= 0.6 is 0 Å². The molecule has 2 amide bonds. The molecule has 0 saturated heterocycles. The van der Waals surface area contributed by atoms with Crippen molar-refractivity contribution < 1.29 is 31.2 Å². The molecular formula is C23H28F3N3O4S. The van der Waals surface area contributed by atoms with Crippen LogP contribution < -0.4 is 9.62 Å². The Bertz CT molecular complexity index is 1090. The van der Waals surface area contributed by atoms with E-state index < -0.39 is 46.2 Å². The van der Waals surface area contributed by atoms with Crippen LogP contribution in [0.5, 0.6) is 0 Å². The summed E-state index contributed by atoms with van der Waals surface area (Å²) in [6.07, 6.45) is -3.20. The number of alkyl halides is 3. The zero-order valence-electron chi connectivity index (χ0n) is 19.2. The molecule has 2 aromatic carbocycles. The number of amides is 2. The van der Waals surface area contributed by atoms with E-state index in [2.05, 4.69) is 5.32 Å². The van der Waals surface area contributed by atoms with Gasteiger partial charge in [-0.15, -0.1) is 0 Å². The van der Waals surface area contributed by atoms with Gasteiger partial charge in [0.2, 0.25) is 21.8 Å². The fourth-order valence-electron chi connectivity index (χ4n) is 3.51. The quantitative estimate of drug-likeness (QED) is 0.545. The van der Waals surface area contributed by atoms with E-state index >= 15 is 0 Å². The van der Waals surface area contributed by atoms with Gasteiger partial charge in [-0.05, 0) is 36.6 Å². The summed E-state index contributed by atoms with van der Waals surface area (Å²) in [5, 5.41) is 2.50. The number of carbonyl (C=O) groups excluding carboxylic acids is 2. The summed E-state index contributed by atoms with van der Waals surface area (Å²) >= 11 is 0. The van der Waals surface area contributed by atoms with Gasteiger partial charge in [-0.3, -0.25) is 13.9 Å². The van der Waals surface area contributed by atoms with Crippen molar-refractivity contribution in [1.29, 1.82) is 0 Å². The second-order valence-corrected chi connectivity index (χ2v) is 9.59. The summed E-state index contributed by atoms with van der Waals surface area (Å²) < 4.78 is 65.0. The molecule has 34 heavy (non-hydrogen) atoms. The first-order valence-electron chi connectivity index (χ1n) is 10.6. The molecule has 0 bridgehead atoms. The zero-order chi connectivity index (χ0) is 25.5. The molecule has 0 spiro atoms.